The van der Waals surface area contributed by atoms with E-state index in [1.807, 2.05) is 21.1 Å². The van der Waals surface area contributed by atoms with E-state index in [0.29, 0.717) is 17.4 Å². The first-order valence-corrected chi connectivity index (χ1v) is 25.9. The number of hydrogen-bond acceptors (Lipinski definition) is 7. The molecule has 0 heterocycles. The second kappa shape index (κ2) is 42.3. The molecule has 0 radical (unpaired) electrons. The molecule has 60 heavy (non-hydrogen) atoms. The topological polar surface area (TPSA) is 108 Å². The highest BCUT2D eigenvalue weighted by Gasteiger charge is 2.27. The second-order valence-corrected chi connectivity index (χ2v) is 18.9. The van der Waals surface area contributed by atoms with Crippen LogP contribution < -0.4 is 0 Å². The van der Waals surface area contributed by atoms with Crippen LogP contribution in [0.4, 0.5) is 0 Å². The molecule has 1 N–H and O–H groups in total. The van der Waals surface area contributed by atoms with Crippen LogP contribution in [0.2, 0.25) is 0 Å². The first-order chi connectivity index (χ1) is 29.0. The van der Waals surface area contributed by atoms with E-state index in [2.05, 4.69) is 62.5 Å². The number of unbranched alkanes of at least 4 members (excludes halogenated alkanes) is 22. The van der Waals surface area contributed by atoms with Gasteiger partial charge >= 0.3 is 19.8 Å². The number of phosphoric ester groups is 1. The van der Waals surface area contributed by atoms with Crippen LogP contribution in [-0.4, -0.2) is 74.9 Å². The maximum absolute atomic E-state index is 12.7. The van der Waals surface area contributed by atoms with E-state index in [1.165, 1.54) is 116 Å². The monoisotopic (exact) mass is 867 g/mol. The lowest BCUT2D eigenvalue weighted by Crippen LogP contribution is -2.37. The van der Waals surface area contributed by atoms with Gasteiger partial charge in [0.1, 0.15) is 19.8 Å². The Kier molecular flexibility index (Phi) is 40.8. The van der Waals surface area contributed by atoms with Gasteiger partial charge in [0.25, 0.3) is 0 Å². The van der Waals surface area contributed by atoms with Crippen LogP contribution in [0.25, 0.3) is 0 Å². The Bertz CT molecular complexity index is 1160. The van der Waals surface area contributed by atoms with Gasteiger partial charge in [0.15, 0.2) is 6.10 Å². The average molecular weight is 867 g/mol. The molecule has 0 bridgehead atoms. The van der Waals surface area contributed by atoms with Crippen LogP contribution >= 0.6 is 7.82 Å². The Balaban J connectivity index is 4.22. The highest BCUT2D eigenvalue weighted by molar-refractivity contribution is 7.47. The van der Waals surface area contributed by atoms with Crippen molar-refractivity contribution in [3.8, 4) is 0 Å². The van der Waals surface area contributed by atoms with E-state index < -0.39 is 26.5 Å². The second-order valence-electron chi connectivity index (χ2n) is 17.5. The van der Waals surface area contributed by atoms with Crippen LogP contribution in [0.5, 0.6) is 0 Å². The van der Waals surface area contributed by atoms with E-state index in [0.717, 1.165) is 57.8 Å². The van der Waals surface area contributed by atoms with Crippen molar-refractivity contribution in [1.82, 2.24) is 0 Å². The average Bonchev–Trinajstić information content (AvgIpc) is 3.20. The number of carbonyl (C=O) groups excluding carboxylic acids is 2. The fraction of sp³-hybridized carbons (Fsp3) is 0.800. The Morgan fingerprint density at radius 2 is 0.950 bits per heavy atom. The lowest BCUT2D eigenvalue weighted by Gasteiger charge is -2.24. The van der Waals surface area contributed by atoms with E-state index in [-0.39, 0.29) is 32.0 Å². The standard InChI is InChI=1S/C50H92NO8P/c1-6-8-10-12-14-16-18-20-21-22-23-24-25-26-27-28-29-31-32-34-36-38-40-42-49(52)56-46-48(47-58-60(54,55)57-45-44-51(3,4)5)59-50(53)43-41-39-37-35-33-30-19-17-15-13-11-9-7-2/h9,11,15,17,22-23,30,33,48H,6-8,10,12-14,16,18-21,24-29,31-32,34-47H2,1-5H3/p+1/b11-9-,17-15-,23-22-,33-30-. The van der Waals surface area contributed by atoms with Gasteiger partial charge in [-0.3, -0.25) is 18.6 Å². The summed E-state index contributed by atoms with van der Waals surface area (Å²) in [6, 6.07) is 0. The highest BCUT2D eigenvalue weighted by atomic mass is 31.2. The molecule has 10 heteroatoms. The van der Waals surface area contributed by atoms with Gasteiger partial charge in [-0.15, -0.1) is 0 Å². The van der Waals surface area contributed by atoms with Crippen LogP contribution in [0.3, 0.4) is 0 Å². The van der Waals surface area contributed by atoms with Crippen LogP contribution in [0.15, 0.2) is 48.6 Å². The zero-order valence-electron chi connectivity index (χ0n) is 39.4. The van der Waals surface area contributed by atoms with E-state index in [4.69, 9.17) is 18.5 Å². The van der Waals surface area contributed by atoms with Crippen LogP contribution in [-0.2, 0) is 32.7 Å². The molecule has 9 nitrogen and oxygen atoms in total. The number of carbonyl (C=O) groups is 2. The largest absolute Gasteiger partial charge is 0.472 e. The third-order valence-electron chi connectivity index (χ3n) is 10.3. The fourth-order valence-electron chi connectivity index (χ4n) is 6.55. The van der Waals surface area contributed by atoms with Gasteiger partial charge in [-0.1, -0.05) is 172 Å². The van der Waals surface area contributed by atoms with Gasteiger partial charge < -0.3 is 18.9 Å². The molecule has 0 saturated heterocycles. The molecule has 350 valence electrons. The molecule has 0 aromatic rings. The first kappa shape index (κ1) is 58.0. The number of quaternary nitrogens is 1. The minimum Gasteiger partial charge on any atom is -0.462 e. The van der Waals surface area contributed by atoms with Crippen molar-refractivity contribution in [2.75, 3.05) is 47.5 Å². The number of likely N-dealkylation sites (N-methyl/N-ethyl adjacent to an activating group) is 1. The third-order valence-corrected chi connectivity index (χ3v) is 11.3. The quantitative estimate of drug-likeness (QED) is 0.0212. The lowest BCUT2D eigenvalue weighted by atomic mass is 10.0. The molecule has 0 aromatic heterocycles. The van der Waals surface area contributed by atoms with Crippen LogP contribution in [0.1, 0.15) is 206 Å². The normalized spacial score (nSPS) is 13.9. The van der Waals surface area contributed by atoms with Crippen molar-refractivity contribution >= 4 is 19.8 Å². The fourth-order valence-corrected chi connectivity index (χ4v) is 7.29. The van der Waals surface area contributed by atoms with Crippen molar-refractivity contribution in [1.29, 1.82) is 0 Å². The van der Waals surface area contributed by atoms with Crippen molar-refractivity contribution in [3.63, 3.8) is 0 Å². The molecule has 0 saturated carbocycles. The summed E-state index contributed by atoms with van der Waals surface area (Å²) in [7, 11) is 1.45. The van der Waals surface area contributed by atoms with Crippen molar-refractivity contribution in [3.05, 3.63) is 48.6 Å². The molecule has 0 aliphatic rings. The zero-order valence-corrected chi connectivity index (χ0v) is 40.3. The van der Waals surface area contributed by atoms with Gasteiger partial charge in [-0.05, 0) is 70.6 Å². The number of phosphoric acid groups is 1. The molecule has 0 aliphatic carbocycles. The van der Waals surface area contributed by atoms with Gasteiger partial charge in [-0.2, -0.15) is 0 Å². The summed E-state index contributed by atoms with van der Waals surface area (Å²) >= 11 is 0. The zero-order chi connectivity index (χ0) is 44.3. The minimum absolute atomic E-state index is 0.0248. The molecule has 0 spiro atoms. The van der Waals surface area contributed by atoms with Gasteiger partial charge in [0, 0.05) is 12.8 Å². The van der Waals surface area contributed by atoms with E-state index >= 15 is 0 Å². The summed E-state index contributed by atoms with van der Waals surface area (Å²) in [6.07, 6.45) is 50.3. The smallest absolute Gasteiger partial charge is 0.462 e. The number of esters is 2. The molecule has 0 fully saturated rings. The number of rotatable bonds is 44. The molecule has 0 rings (SSSR count). The molecule has 2 atom stereocenters. The Morgan fingerprint density at radius 1 is 0.533 bits per heavy atom. The van der Waals surface area contributed by atoms with Crippen LogP contribution in [0, 0.1) is 0 Å². The van der Waals surface area contributed by atoms with Crippen molar-refractivity contribution in [2.45, 2.75) is 213 Å². The number of allylic oxidation sites excluding steroid dienone is 8. The summed E-state index contributed by atoms with van der Waals surface area (Å²) < 4.78 is 34.3. The summed E-state index contributed by atoms with van der Waals surface area (Å²) in [6.45, 7) is 4.28. The number of nitrogens with zero attached hydrogens (tertiary/aromatic N) is 1. The molecule has 0 amide bonds. The predicted molar refractivity (Wildman–Crippen MR) is 252 cm³/mol. The summed E-state index contributed by atoms with van der Waals surface area (Å²) in [4.78, 5) is 35.4. The molecular weight excluding hydrogens is 774 g/mol. The molecule has 2 unspecified atom stereocenters. The third kappa shape index (κ3) is 45.5. The first-order valence-electron chi connectivity index (χ1n) is 24.4. The summed E-state index contributed by atoms with van der Waals surface area (Å²) in [5, 5.41) is 0. The van der Waals surface area contributed by atoms with Crippen molar-refractivity contribution < 1.29 is 42.1 Å². The Labute approximate surface area is 369 Å². The van der Waals surface area contributed by atoms with E-state index in [9.17, 15) is 19.0 Å². The summed E-state index contributed by atoms with van der Waals surface area (Å²) in [5.41, 5.74) is 0. The van der Waals surface area contributed by atoms with Crippen molar-refractivity contribution in [2.24, 2.45) is 0 Å². The maximum atomic E-state index is 12.7. The lowest BCUT2D eigenvalue weighted by molar-refractivity contribution is -0.870. The number of hydrogen-bond donors (Lipinski definition) is 1. The Hall–Kier alpha value is -2.03. The SMILES string of the molecule is CC/C=C\C/C=C\C/C=C\CCCCCC(=O)OC(COC(=O)CCCCCCCCCCCCC/C=C\CCCCCCCCCC)COP(=O)(O)OCC[N+](C)(C)C. The highest BCUT2D eigenvalue weighted by Crippen LogP contribution is 2.43. The molecular formula is C50H93NO8P+. The number of ether oxygens (including phenoxy) is 2. The van der Waals surface area contributed by atoms with Gasteiger partial charge in [-0.25, -0.2) is 4.57 Å². The van der Waals surface area contributed by atoms with E-state index in [1.54, 1.807) is 0 Å². The molecule has 0 aliphatic heterocycles. The Morgan fingerprint density at radius 3 is 1.45 bits per heavy atom. The minimum atomic E-state index is -4.38. The predicted octanol–water partition coefficient (Wildman–Crippen LogP) is 14.2. The maximum Gasteiger partial charge on any atom is 0.472 e. The summed E-state index contributed by atoms with van der Waals surface area (Å²) in [5.74, 6) is -0.832. The van der Waals surface area contributed by atoms with Gasteiger partial charge in [0.2, 0.25) is 0 Å². The molecule has 0 aromatic carbocycles. The van der Waals surface area contributed by atoms with Gasteiger partial charge in [0.05, 0.1) is 27.7 Å².